The Bertz CT molecular complexity index is 477. The quantitative estimate of drug-likeness (QED) is 0.471. The largest absolute Gasteiger partial charge is 0.494 e. The predicted molar refractivity (Wildman–Crippen MR) is 101 cm³/mol. The lowest BCUT2D eigenvalue weighted by Gasteiger charge is -2.27. The second kappa shape index (κ2) is 10.5. The maximum Gasteiger partial charge on any atom is 0.140 e. The summed E-state index contributed by atoms with van der Waals surface area (Å²) < 4.78 is 5.83. The maximum atomic E-state index is 12.3. The van der Waals surface area contributed by atoms with Gasteiger partial charge in [-0.15, -0.1) is 0 Å². The van der Waals surface area contributed by atoms with E-state index in [2.05, 4.69) is 26.0 Å². The summed E-state index contributed by atoms with van der Waals surface area (Å²) in [6.45, 7) is 5.23. The van der Waals surface area contributed by atoms with Crippen molar-refractivity contribution in [2.45, 2.75) is 84.0 Å². The lowest BCUT2D eigenvalue weighted by atomic mass is 9.77. The Labute approximate surface area is 148 Å². The van der Waals surface area contributed by atoms with Gasteiger partial charge < -0.3 is 4.74 Å². The Morgan fingerprint density at radius 3 is 2.33 bits per heavy atom. The van der Waals surface area contributed by atoms with Crippen molar-refractivity contribution in [2.24, 2.45) is 5.92 Å². The molecule has 1 aromatic carbocycles. The molecule has 2 nitrogen and oxygen atoms in total. The number of carbonyl (C=O) groups is 1. The third-order valence-electron chi connectivity index (χ3n) is 5.37. The minimum atomic E-state index is 0.111. The average molecular weight is 331 g/mol. The molecule has 1 fully saturated rings. The highest BCUT2D eigenvalue weighted by molar-refractivity contribution is 5.86. The first-order valence-electron chi connectivity index (χ1n) is 10.00. The standard InChI is InChI=1S/C22H34O2/c1-3-5-6-7-8-9-16-24-20-13-11-19(12-14-20)21-15-10-18(4-2)17-22(21)23/h11-14,18,21H,3-10,15-17H2,1-2H3/t18-,21+/m0/s1. The van der Waals surface area contributed by atoms with Crippen LogP contribution < -0.4 is 4.74 Å². The molecule has 0 spiro atoms. The van der Waals surface area contributed by atoms with Crippen molar-refractivity contribution in [2.75, 3.05) is 6.61 Å². The Hall–Kier alpha value is -1.31. The van der Waals surface area contributed by atoms with Gasteiger partial charge in [-0.2, -0.15) is 0 Å². The number of Topliss-reactive ketones (excluding diaryl/α,β-unsaturated/α-hetero) is 1. The van der Waals surface area contributed by atoms with E-state index in [9.17, 15) is 4.79 Å². The molecule has 2 rings (SSSR count). The molecule has 0 saturated heterocycles. The minimum absolute atomic E-state index is 0.111. The summed E-state index contributed by atoms with van der Waals surface area (Å²) in [6.07, 6.45) is 11.8. The van der Waals surface area contributed by atoms with Crippen LogP contribution in [0, 0.1) is 5.92 Å². The molecule has 1 aliphatic carbocycles. The summed E-state index contributed by atoms with van der Waals surface area (Å²) in [4.78, 5) is 12.3. The van der Waals surface area contributed by atoms with E-state index in [1.54, 1.807) is 0 Å². The highest BCUT2D eigenvalue weighted by atomic mass is 16.5. The molecule has 0 N–H and O–H groups in total. The van der Waals surface area contributed by atoms with E-state index in [-0.39, 0.29) is 5.92 Å². The molecule has 2 heteroatoms. The zero-order valence-corrected chi connectivity index (χ0v) is 15.6. The van der Waals surface area contributed by atoms with Gasteiger partial charge in [0.25, 0.3) is 0 Å². The van der Waals surface area contributed by atoms with Gasteiger partial charge >= 0.3 is 0 Å². The summed E-state index contributed by atoms with van der Waals surface area (Å²) in [7, 11) is 0. The molecule has 1 aliphatic rings. The molecular formula is C22H34O2. The van der Waals surface area contributed by atoms with Crippen molar-refractivity contribution >= 4 is 5.78 Å². The number of benzene rings is 1. The van der Waals surface area contributed by atoms with Crippen LogP contribution in [-0.4, -0.2) is 12.4 Å². The predicted octanol–water partition coefficient (Wildman–Crippen LogP) is 6.29. The lowest BCUT2D eigenvalue weighted by molar-refractivity contribution is -0.123. The first kappa shape index (κ1) is 19.0. The molecule has 1 aromatic rings. The Morgan fingerprint density at radius 2 is 1.67 bits per heavy atom. The van der Waals surface area contributed by atoms with E-state index in [0.717, 1.165) is 38.0 Å². The van der Waals surface area contributed by atoms with E-state index in [0.29, 0.717) is 11.7 Å². The maximum absolute atomic E-state index is 12.3. The van der Waals surface area contributed by atoms with E-state index in [4.69, 9.17) is 4.74 Å². The van der Waals surface area contributed by atoms with Crippen molar-refractivity contribution in [3.8, 4) is 5.75 Å². The molecule has 1 saturated carbocycles. The molecule has 0 radical (unpaired) electrons. The van der Waals surface area contributed by atoms with Gasteiger partial charge in [-0.3, -0.25) is 4.79 Å². The van der Waals surface area contributed by atoms with Crippen LogP contribution in [0.5, 0.6) is 5.75 Å². The van der Waals surface area contributed by atoms with E-state index in [1.165, 1.54) is 44.1 Å². The Balaban J connectivity index is 1.72. The normalized spacial score (nSPS) is 21.0. The van der Waals surface area contributed by atoms with Crippen LogP contribution in [-0.2, 0) is 4.79 Å². The Morgan fingerprint density at radius 1 is 0.958 bits per heavy atom. The van der Waals surface area contributed by atoms with Crippen LogP contribution in [0.15, 0.2) is 24.3 Å². The molecule has 0 heterocycles. The third kappa shape index (κ3) is 5.96. The average Bonchev–Trinajstić information content (AvgIpc) is 2.61. The van der Waals surface area contributed by atoms with Crippen molar-refractivity contribution in [3.05, 3.63) is 29.8 Å². The Kier molecular flexibility index (Phi) is 8.35. The minimum Gasteiger partial charge on any atom is -0.494 e. The van der Waals surface area contributed by atoms with Crippen LogP contribution in [0.1, 0.15) is 89.5 Å². The number of unbranched alkanes of at least 4 members (excludes halogenated alkanes) is 5. The molecular weight excluding hydrogens is 296 g/mol. The number of rotatable bonds is 10. The van der Waals surface area contributed by atoms with Gasteiger partial charge in [-0.1, -0.05) is 64.5 Å². The summed E-state index contributed by atoms with van der Waals surface area (Å²) in [6, 6.07) is 8.24. The van der Waals surface area contributed by atoms with Gasteiger partial charge in [0.2, 0.25) is 0 Å². The second-order valence-corrected chi connectivity index (χ2v) is 7.26. The van der Waals surface area contributed by atoms with E-state index in [1.807, 2.05) is 12.1 Å². The fraction of sp³-hybridized carbons (Fsp3) is 0.682. The van der Waals surface area contributed by atoms with Gasteiger partial charge in [-0.25, -0.2) is 0 Å². The zero-order chi connectivity index (χ0) is 17.2. The number of ketones is 1. The molecule has 134 valence electrons. The number of carbonyl (C=O) groups excluding carboxylic acids is 1. The summed E-state index contributed by atoms with van der Waals surface area (Å²) in [5, 5.41) is 0. The summed E-state index contributed by atoms with van der Waals surface area (Å²) in [5.41, 5.74) is 1.17. The highest BCUT2D eigenvalue weighted by Crippen LogP contribution is 2.35. The first-order chi connectivity index (χ1) is 11.7. The molecule has 0 aromatic heterocycles. The fourth-order valence-corrected chi connectivity index (χ4v) is 3.66. The number of hydrogen-bond donors (Lipinski definition) is 0. The van der Waals surface area contributed by atoms with Crippen LogP contribution in [0.25, 0.3) is 0 Å². The molecule has 2 atom stereocenters. The van der Waals surface area contributed by atoms with Crippen molar-refractivity contribution in [1.29, 1.82) is 0 Å². The smallest absolute Gasteiger partial charge is 0.140 e. The zero-order valence-electron chi connectivity index (χ0n) is 15.6. The van der Waals surface area contributed by atoms with Crippen LogP contribution in [0.3, 0.4) is 0 Å². The summed E-state index contributed by atoms with van der Waals surface area (Å²) >= 11 is 0. The first-order valence-corrected chi connectivity index (χ1v) is 10.00. The third-order valence-corrected chi connectivity index (χ3v) is 5.37. The van der Waals surface area contributed by atoms with Crippen LogP contribution in [0.4, 0.5) is 0 Å². The van der Waals surface area contributed by atoms with Gasteiger partial charge in [0.05, 0.1) is 6.61 Å². The molecule has 24 heavy (non-hydrogen) atoms. The SMILES string of the molecule is CCCCCCCCOc1ccc([C@H]2CC[C@H](CC)CC2=O)cc1. The van der Waals surface area contributed by atoms with Gasteiger partial charge in [0, 0.05) is 12.3 Å². The monoisotopic (exact) mass is 330 g/mol. The van der Waals surface area contributed by atoms with Gasteiger partial charge in [0.1, 0.15) is 11.5 Å². The molecule has 0 bridgehead atoms. The number of ether oxygens (including phenoxy) is 1. The fourth-order valence-electron chi connectivity index (χ4n) is 3.66. The van der Waals surface area contributed by atoms with Crippen molar-refractivity contribution in [1.82, 2.24) is 0 Å². The number of hydrogen-bond acceptors (Lipinski definition) is 2. The van der Waals surface area contributed by atoms with E-state index < -0.39 is 0 Å². The van der Waals surface area contributed by atoms with Gasteiger partial charge in [0.15, 0.2) is 0 Å². The van der Waals surface area contributed by atoms with Crippen LogP contribution >= 0.6 is 0 Å². The van der Waals surface area contributed by atoms with Gasteiger partial charge in [-0.05, 0) is 42.9 Å². The van der Waals surface area contributed by atoms with Crippen LogP contribution in [0.2, 0.25) is 0 Å². The second-order valence-electron chi connectivity index (χ2n) is 7.26. The van der Waals surface area contributed by atoms with Crippen molar-refractivity contribution < 1.29 is 9.53 Å². The molecule has 0 aliphatic heterocycles. The highest BCUT2D eigenvalue weighted by Gasteiger charge is 2.28. The molecule has 0 amide bonds. The molecule has 0 unspecified atom stereocenters. The lowest BCUT2D eigenvalue weighted by Crippen LogP contribution is -2.23. The summed E-state index contributed by atoms with van der Waals surface area (Å²) in [5.74, 6) is 2.07. The topological polar surface area (TPSA) is 26.3 Å². The van der Waals surface area contributed by atoms with E-state index >= 15 is 0 Å². The van der Waals surface area contributed by atoms with Crippen molar-refractivity contribution in [3.63, 3.8) is 0 Å².